The summed E-state index contributed by atoms with van der Waals surface area (Å²) in [5.41, 5.74) is 2.35. The second kappa shape index (κ2) is 4.97. The van der Waals surface area contributed by atoms with Crippen molar-refractivity contribution in [3.63, 3.8) is 0 Å². The minimum absolute atomic E-state index is 0.158. The molecule has 1 N–H and O–H groups in total. The van der Waals surface area contributed by atoms with E-state index < -0.39 is 0 Å². The summed E-state index contributed by atoms with van der Waals surface area (Å²) in [4.78, 5) is 0. The van der Waals surface area contributed by atoms with Gasteiger partial charge in [-0.05, 0) is 56.0 Å². The van der Waals surface area contributed by atoms with Crippen molar-refractivity contribution in [3.8, 4) is 0 Å². The van der Waals surface area contributed by atoms with Crippen molar-refractivity contribution >= 4 is 10.9 Å². The molecule has 102 valence electrons. The normalized spacial score (nSPS) is 23.3. The third-order valence-electron chi connectivity index (χ3n) is 4.55. The number of halogens is 1. The molecule has 0 aliphatic heterocycles. The number of hydrogen-bond acceptors (Lipinski definition) is 1. The van der Waals surface area contributed by atoms with E-state index in [-0.39, 0.29) is 5.82 Å². The maximum Gasteiger partial charge on any atom is 0.125 e. The first-order chi connectivity index (χ1) is 9.19. The Bertz CT molecular complexity index is 588. The highest BCUT2D eigenvalue weighted by Gasteiger charge is 2.26. The maximum absolute atomic E-state index is 13.3. The lowest BCUT2D eigenvalue weighted by Crippen LogP contribution is -2.29. The Morgan fingerprint density at radius 2 is 2.21 bits per heavy atom. The molecule has 2 aromatic rings. The van der Waals surface area contributed by atoms with Gasteiger partial charge in [-0.2, -0.15) is 0 Å². The van der Waals surface area contributed by atoms with Crippen molar-refractivity contribution < 1.29 is 4.39 Å². The number of aryl methyl sites for hydroxylation is 1. The third kappa shape index (κ3) is 2.27. The van der Waals surface area contributed by atoms with Crippen LogP contribution in [0.5, 0.6) is 0 Å². The Labute approximate surface area is 113 Å². The highest BCUT2D eigenvalue weighted by atomic mass is 19.1. The molecule has 19 heavy (non-hydrogen) atoms. The molecule has 1 aliphatic rings. The number of hydrogen-bond donors (Lipinski definition) is 1. The van der Waals surface area contributed by atoms with Crippen LogP contribution in [0.1, 0.15) is 24.8 Å². The lowest BCUT2D eigenvalue weighted by Gasteiger charge is -2.18. The Hall–Kier alpha value is -1.35. The minimum Gasteiger partial charge on any atom is -0.350 e. The molecule has 0 spiro atoms. The molecule has 1 aromatic carbocycles. The molecular weight excluding hydrogens is 239 g/mol. The smallest absolute Gasteiger partial charge is 0.125 e. The fraction of sp³-hybridized carbons (Fsp3) is 0.500. The van der Waals surface area contributed by atoms with Crippen LogP contribution in [0.4, 0.5) is 4.39 Å². The lowest BCUT2D eigenvalue weighted by molar-refractivity contribution is 0.424. The van der Waals surface area contributed by atoms with Crippen molar-refractivity contribution in [3.05, 3.63) is 35.8 Å². The summed E-state index contributed by atoms with van der Waals surface area (Å²) in [6.07, 6.45) is 7.14. The van der Waals surface area contributed by atoms with E-state index in [0.717, 1.165) is 11.9 Å². The monoisotopic (exact) mass is 260 g/mol. The molecule has 3 heteroatoms. The molecule has 0 saturated heterocycles. The Morgan fingerprint density at radius 1 is 1.37 bits per heavy atom. The van der Waals surface area contributed by atoms with Crippen LogP contribution < -0.4 is 5.32 Å². The first kappa shape index (κ1) is 12.7. The Kier molecular flexibility index (Phi) is 3.31. The second-order valence-corrected chi connectivity index (χ2v) is 5.72. The highest BCUT2D eigenvalue weighted by molar-refractivity contribution is 5.84. The number of rotatable bonds is 3. The Morgan fingerprint density at radius 3 is 3.00 bits per heavy atom. The van der Waals surface area contributed by atoms with Crippen LogP contribution >= 0.6 is 0 Å². The van der Waals surface area contributed by atoms with Crippen LogP contribution in [0, 0.1) is 11.7 Å². The van der Waals surface area contributed by atoms with Crippen LogP contribution in [-0.2, 0) is 13.5 Å². The van der Waals surface area contributed by atoms with E-state index in [4.69, 9.17) is 0 Å². The van der Waals surface area contributed by atoms with Gasteiger partial charge in [-0.15, -0.1) is 0 Å². The van der Waals surface area contributed by atoms with Crippen LogP contribution in [0.25, 0.3) is 10.9 Å². The molecule has 2 nitrogen and oxygen atoms in total. The molecule has 1 fully saturated rings. The van der Waals surface area contributed by atoms with Crippen molar-refractivity contribution in [2.24, 2.45) is 13.0 Å². The molecule has 1 heterocycles. The molecule has 1 saturated carbocycles. The van der Waals surface area contributed by atoms with Crippen molar-refractivity contribution in [2.75, 3.05) is 7.05 Å². The number of nitrogens with one attached hydrogen (secondary N) is 1. The largest absolute Gasteiger partial charge is 0.350 e. The first-order valence-electron chi connectivity index (χ1n) is 7.10. The van der Waals surface area contributed by atoms with Crippen LogP contribution in [0.2, 0.25) is 0 Å². The molecular formula is C16H21FN2. The minimum atomic E-state index is -0.158. The zero-order chi connectivity index (χ0) is 13.4. The van der Waals surface area contributed by atoms with Crippen molar-refractivity contribution in [1.82, 2.24) is 9.88 Å². The van der Waals surface area contributed by atoms with E-state index in [0.29, 0.717) is 12.0 Å². The van der Waals surface area contributed by atoms with E-state index in [1.807, 2.05) is 17.7 Å². The summed E-state index contributed by atoms with van der Waals surface area (Å²) in [5.74, 6) is 0.551. The number of aromatic nitrogens is 1. The topological polar surface area (TPSA) is 17.0 Å². The van der Waals surface area contributed by atoms with Gasteiger partial charge in [0.15, 0.2) is 0 Å². The van der Waals surface area contributed by atoms with Crippen LogP contribution in [0.3, 0.4) is 0 Å². The fourth-order valence-corrected chi connectivity index (χ4v) is 3.55. The van der Waals surface area contributed by atoms with Crippen LogP contribution in [0.15, 0.2) is 24.4 Å². The van der Waals surface area contributed by atoms with Gasteiger partial charge in [0.25, 0.3) is 0 Å². The molecule has 1 aromatic heterocycles. The summed E-state index contributed by atoms with van der Waals surface area (Å²) in [5, 5.41) is 4.63. The fourth-order valence-electron chi connectivity index (χ4n) is 3.55. The van der Waals surface area contributed by atoms with E-state index >= 15 is 0 Å². The third-order valence-corrected chi connectivity index (χ3v) is 4.55. The summed E-state index contributed by atoms with van der Waals surface area (Å²) >= 11 is 0. The second-order valence-electron chi connectivity index (χ2n) is 5.72. The van der Waals surface area contributed by atoms with Gasteiger partial charge >= 0.3 is 0 Å². The SMILES string of the molecule is CNC1CCCC1Cc1cn(C)c2cc(F)ccc12. The standard InChI is InChI=1S/C16H21FN2/c1-18-15-5-3-4-11(15)8-12-10-19(2)16-9-13(17)6-7-14(12)16/h6-7,9-11,15,18H,3-5,8H2,1-2H3. The predicted molar refractivity (Wildman–Crippen MR) is 76.8 cm³/mol. The highest BCUT2D eigenvalue weighted by Crippen LogP contribution is 2.31. The van der Waals surface area contributed by atoms with E-state index in [2.05, 4.69) is 18.6 Å². The number of nitrogens with zero attached hydrogens (tertiary/aromatic N) is 1. The predicted octanol–water partition coefficient (Wildman–Crippen LogP) is 3.25. The number of benzene rings is 1. The number of fused-ring (bicyclic) bond motifs is 1. The van der Waals surface area contributed by atoms with E-state index in [1.165, 1.54) is 30.2 Å². The summed E-state index contributed by atoms with van der Waals surface area (Å²) in [6.45, 7) is 0. The molecule has 1 aliphatic carbocycles. The van der Waals surface area contributed by atoms with Gasteiger partial charge in [0.2, 0.25) is 0 Å². The van der Waals surface area contributed by atoms with Crippen molar-refractivity contribution in [1.29, 1.82) is 0 Å². The zero-order valence-corrected chi connectivity index (χ0v) is 11.6. The van der Waals surface area contributed by atoms with Gasteiger partial charge in [-0.1, -0.05) is 6.42 Å². The van der Waals surface area contributed by atoms with Gasteiger partial charge in [0.1, 0.15) is 5.82 Å². The summed E-state index contributed by atoms with van der Waals surface area (Å²) < 4.78 is 15.4. The first-order valence-corrected chi connectivity index (χ1v) is 7.10. The van der Waals surface area contributed by atoms with Crippen molar-refractivity contribution in [2.45, 2.75) is 31.7 Å². The van der Waals surface area contributed by atoms with Gasteiger partial charge in [-0.25, -0.2) is 4.39 Å². The molecule has 0 bridgehead atoms. The maximum atomic E-state index is 13.3. The quantitative estimate of drug-likeness (QED) is 0.896. The molecule has 0 amide bonds. The van der Waals surface area contributed by atoms with E-state index in [9.17, 15) is 4.39 Å². The van der Waals surface area contributed by atoms with Gasteiger partial charge in [-0.3, -0.25) is 0 Å². The van der Waals surface area contributed by atoms with E-state index in [1.54, 1.807) is 12.1 Å². The molecule has 2 unspecified atom stereocenters. The average molecular weight is 260 g/mol. The molecule has 2 atom stereocenters. The average Bonchev–Trinajstić information content (AvgIpc) is 2.96. The van der Waals surface area contributed by atoms with Gasteiger partial charge in [0, 0.05) is 24.7 Å². The van der Waals surface area contributed by atoms with Crippen LogP contribution in [-0.4, -0.2) is 17.7 Å². The molecule has 0 radical (unpaired) electrons. The van der Waals surface area contributed by atoms with Gasteiger partial charge in [0.05, 0.1) is 5.52 Å². The lowest BCUT2D eigenvalue weighted by atomic mass is 9.94. The Balaban J connectivity index is 1.93. The zero-order valence-electron chi connectivity index (χ0n) is 11.6. The summed E-state index contributed by atoms with van der Waals surface area (Å²) in [6, 6.07) is 5.75. The summed E-state index contributed by atoms with van der Waals surface area (Å²) in [7, 11) is 4.05. The van der Waals surface area contributed by atoms with Gasteiger partial charge < -0.3 is 9.88 Å². The molecule has 3 rings (SSSR count).